The molecular weight excluding hydrogens is 262 g/mol. The zero-order valence-electron chi connectivity index (χ0n) is 13.4. The lowest BCUT2D eigenvalue weighted by molar-refractivity contribution is 0.00322. The number of nitrogens with one attached hydrogen (secondary N) is 1. The summed E-state index contributed by atoms with van der Waals surface area (Å²) in [7, 11) is 0. The van der Waals surface area contributed by atoms with E-state index in [1.165, 1.54) is 30.4 Å². The Morgan fingerprint density at radius 1 is 1.19 bits per heavy atom. The number of hydrogen-bond donors (Lipinski definition) is 1. The summed E-state index contributed by atoms with van der Waals surface area (Å²) in [6, 6.07) is 9.21. The molecule has 1 aromatic rings. The predicted octanol–water partition coefficient (Wildman–Crippen LogP) is 3.62. The Kier molecular flexibility index (Phi) is 7.20. The number of unbranched alkanes of at least 4 members (excludes halogenated alkanes) is 1. The standard InChI is InChI=1S/C18H29NO2/c1-3-4-11-20-12-13-21-18(14-19-16-9-10-16)17-8-6-5-7-15(17)2/h5-8,16,18-19H,3-4,9-14H2,1-2H3. The molecule has 0 heterocycles. The first-order valence-electron chi connectivity index (χ1n) is 8.29. The quantitative estimate of drug-likeness (QED) is 0.632. The van der Waals surface area contributed by atoms with Crippen LogP contribution in [0.2, 0.25) is 0 Å². The third-order valence-corrected chi connectivity index (χ3v) is 3.89. The third kappa shape index (κ3) is 6.16. The lowest BCUT2D eigenvalue weighted by Gasteiger charge is -2.21. The number of hydrogen-bond acceptors (Lipinski definition) is 3. The van der Waals surface area contributed by atoms with Gasteiger partial charge < -0.3 is 14.8 Å². The normalized spacial score (nSPS) is 16.1. The maximum Gasteiger partial charge on any atom is 0.0953 e. The molecule has 1 saturated carbocycles. The van der Waals surface area contributed by atoms with Crippen molar-refractivity contribution in [1.82, 2.24) is 5.32 Å². The van der Waals surface area contributed by atoms with Gasteiger partial charge in [0, 0.05) is 19.2 Å². The van der Waals surface area contributed by atoms with E-state index in [1.54, 1.807) is 0 Å². The highest BCUT2D eigenvalue weighted by molar-refractivity contribution is 5.28. The van der Waals surface area contributed by atoms with Gasteiger partial charge in [0.25, 0.3) is 0 Å². The van der Waals surface area contributed by atoms with Crippen LogP contribution in [-0.2, 0) is 9.47 Å². The Hall–Kier alpha value is -0.900. The van der Waals surface area contributed by atoms with Crippen LogP contribution in [0.25, 0.3) is 0 Å². The molecule has 1 aromatic carbocycles. The molecule has 2 rings (SSSR count). The number of aryl methyl sites for hydroxylation is 1. The van der Waals surface area contributed by atoms with Gasteiger partial charge in [0.2, 0.25) is 0 Å². The lowest BCUT2D eigenvalue weighted by atomic mass is 10.0. The Morgan fingerprint density at radius 2 is 2.00 bits per heavy atom. The molecule has 0 saturated heterocycles. The van der Waals surface area contributed by atoms with E-state index in [2.05, 4.69) is 43.4 Å². The van der Waals surface area contributed by atoms with Crippen molar-refractivity contribution < 1.29 is 9.47 Å². The van der Waals surface area contributed by atoms with Gasteiger partial charge in [-0.25, -0.2) is 0 Å². The molecule has 1 N–H and O–H groups in total. The third-order valence-electron chi connectivity index (χ3n) is 3.89. The summed E-state index contributed by atoms with van der Waals surface area (Å²) < 4.78 is 11.7. The fraction of sp³-hybridized carbons (Fsp3) is 0.667. The van der Waals surface area contributed by atoms with Crippen molar-refractivity contribution in [2.45, 2.75) is 51.7 Å². The summed E-state index contributed by atoms with van der Waals surface area (Å²) in [5, 5.41) is 3.58. The van der Waals surface area contributed by atoms with Crippen molar-refractivity contribution in [3.8, 4) is 0 Å². The predicted molar refractivity (Wildman–Crippen MR) is 86.6 cm³/mol. The van der Waals surface area contributed by atoms with E-state index in [0.29, 0.717) is 19.3 Å². The zero-order chi connectivity index (χ0) is 14.9. The van der Waals surface area contributed by atoms with E-state index < -0.39 is 0 Å². The minimum atomic E-state index is 0.126. The van der Waals surface area contributed by atoms with Crippen molar-refractivity contribution in [3.05, 3.63) is 35.4 Å². The highest BCUT2D eigenvalue weighted by Crippen LogP contribution is 2.24. The second-order valence-electron chi connectivity index (χ2n) is 5.86. The monoisotopic (exact) mass is 291 g/mol. The van der Waals surface area contributed by atoms with Crippen LogP contribution >= 0.6 is 0 Å². The molecule has 1 unspecified atom stereocenters. The molecule has 3 heteroatoms. The topological polar surface area (TPSA) is 30.5 Å². The van der Waals surface area contributed by atoms with Crippen molar-refractivity contribution in [2.75, 3.05) is 26.4 Å². The van der Waals surface area contributed by atoms with E-state index in [0.717, 1.165) is 19.6 Å². The van der Waals surface area contributed by atoms with Gasteiger partial charge in [-0.15, -0.1) is 0 Å². The Morgan fingerprint density at radius 3 is 2.71 bits per heavy atom. The fourth-order valence-electron chi connectivity index (χ4n) is 2.37. The maximum atomic E-state index is 6.08. The van der Waals surface area contributed by atoms with E-state index >= 15 is 0 Å². The van der Waals surface area contributed by atoms with Gasteiger partial charge in [-0.3, -0.25) is 0 Å². The zero-order valence-corrected chi connectivity index (χ0v) is 13.4. The molecular formula is C18H29NO2. The number of rotatable bonds is 11. The molecule has 1 aliphatic rings. The van der Waals surface area contributed by atoms with Gasteiger partial charge in [-0.05, 0) is 37.3 Å². The summed E-state index contributed by atoms with van der Waals surface area (Å²) in [6.45, 7) is 7.42. The summed E-state index contributed by atoms with van der Waals surface area (Å²) >= 11 is 0. The van der Waals surface area contributed by atoms with Gasteiger partial charge in [-0.2, -0.15) is 0 Å². The van der Waals surface area contributed by atoms with E-state index in [-0.39, 0.29) is 6.10 Å². The van der Waals surface area contributed by atoms with Crippen LogP contribution < -0.4 is 5.32 Å². The van der Waals surface area contributed by atoms with Gasteiger partial charge in [0.15, 0.2) is 0 Å². The van der Waals surface area contributed by atoms with Gasteiger partial charge in [0.1, 0.15) is 0 Å². The molecule has 3 nitrogen and oxygen atoms in total. The molecule has 0 spiro atoms. The van der Waals surface area contributed by atoms with Crippen LogP contribution in [0.15, 0.2) is 24.3 Å². The molecule has 1 aliphatic carbocycles. The molecule has 0 aromatic heterocycles. The fourth-order valence-corrected chi connectivity index (χ4v) is 2.37. The molecule has 0 bridgehead atoms. The highest BCUT2D eigenvalue weighted by atomic mass is 16.5. The Balaban J connectivity index is 1.79. The first kappa shape index (κ1) is 16.5. The van der Waals surface area contributed by atoms with Crippen molar-refractivity contribution in [1.29, 1.82) is 0 Å². The SMILES string of the molecule is CCCCOCCOC(CNC1CC1)c1ccccc1C. The average Bonchev–Trinajstić information content (AvgIpc) is 3.31. The number of ether oxygens (including phenoxy) is 2. The first-order chi connectivity index (χ1) is 10.3. The van der Waals surface area contributed by atoms with Crippen molar-refractivity contribution >= 4 is 0 Å². The van der Waals surface area contributed by atoms with Crippen LogP contribution in [0.5, 0.6) is 0 Å². The summed E-state index contributed by atoms with van der Waals surface area (Å²) in [4.78, 5) is 0. The first-order valence-corrected chi connectivity index (χ1v) is 8.29. The second-order valence-corrected chi connectivity index (χ2v) is 5.86. The van der Waals surface area contributed by atoms with Gasteiger partial charge in [0.05, 0.1) is 19.3 Å². The van der Waals surface area contributed by atoms with Crippen LogP contribution in [0, 0.1) is 6.92 Å². The molecule has 0 radical (unpaired) electrons. The highest BCUT2D eigenvalue weighted by Gasteiger charge is 2.23. The second kappa shape index (κ2) is 9.19. The summed E-state index contributed by atoms with van der Waals surface area (Å²) in [5.74, 6) is 0. The minimum absolute atomic E-state index is 0.126. The molecule has 1 fully saturated rings. The summed E-state index contributed by atoms with van der Waals surface area (Å²) in [6.07, 6.45) is 5.05. The lowest BCUT2D eigenvalue weighted by Crippen LogP contribution is -2.26. The van der Waals surface area contributed by atoms with Crippen LogP contribution in [0.1, 0.15) is 49.8 Å². The number of benzene rings is 1. The van der Waals surface area contributed by atoms with Crippen LogP contribution in [0.4, 0.5) is 0 Å². The smallest absolute Gasteiger partial charge is 0.0953 e. The largest absolute Gasteiger partial charge is 0.379 e. The van der Waals surface area contributed by atoms with Gasteiger partial charge >= 0.3 is 0 Å². The van der Waals surface area contributed by atoms with E-state index in [9.17, 15) is 0 Å². The summed E-state index contributed by atoms with van der Waals surface area (Å²) in [5.41, 5.74) is 2.59. The van der Waals surface area contributed by atoms with Crippen LogP contribution in [0.3, 0.4) is 0 Å². The molecule has 21 heavy (non-hydrogen) atoms. The van der Waals surface area contributed by atoms with Crippen LogP contribution in [-0.4, -0.2) is 32.4 Å². The molecule has 0 aliphatic heterocycles. The minimum Gasteiger partial charge on any atom is -0.379 e. The Labute approximate surface area is 129 Å². The molecule has 0 amide bonds. The average molecular weight is 291 g/mol. The molecule has 118 valence electrons. The Bertz CT molecular complexity index is 404. The molecule has 1 atom stereocenters. The van der Waals surface area contributed by atoms with Crippen molar-refractivity contribution in [3.63, 3.8) is 0 Å². The van der Waals surface area contributed by atoms with E-state index in [4.69, 9.17) is 9.47 Å². The maximum absolute atomic E-state index is 6.08. The van der Waals surface area contributed by atoms with Crippen molar-refractivity contribution in [2.24, 2.45) is 0 Å². The van der Waals surface area contributed by atoms with E-state index in [1.807, 2.05) is 0 Å². The van der Waals surface area contributed by atoms with Gasteiger partial charge in [-0.1, -0.05) is 37.6 Å².